The summed E-state index contributed by atoms with van der Waals surface area (Å²) in [5, 5.41) is 2.90. The highest BCUT2D eigenvalue weighted by atomic mass is 35.5. The molecule has 1 atom stereocenters. The van der Waals surface area contributed by atoms with Gasteiger partial charge in [-0.25, -0.2) is 8.78 Å². The largest absolute Gasteiger partial charge is 0.389 e. The van der Waals surface area contributed by atoms with E-state index in [1.807, 2.05) is 13.0 Å². The van der Waals surface area contributed by atoms with E-state index in [2.05, 4.69) is 17.5 Å². The van der Waals surface area contributed by atoms with Crippen LogP contribution in [0.4, 0.5) is 14.5 Å². The Bertz CT molecular complexity index is 658. The second-order valence-corrected chi connectivity index (χ2v) is 6.35. The molecule has 0 bridgehead atoms. The Labute approximate surface area is 129 Å². The molecule has 0 aliphatic heterocycles. The van der Waals surface area contributed by atoms with Crippen molar-refractivity contribution in [3.05, 3.63) is 50.7 Å². The van der Waals surface area contributed by atoms with E-state index in [0.717, 1.165) is 4.88 Å². The third-order valence-electron chi connectivity index (χ3n) is 2.74. The fourth-order valence-corrected chi connectivity index (χ4v) is 2.94. The summed E-state index contributed by atoms with van der Waals surface area (Å²) in [5.41, 5.74) is 5.27. The summed E-state index contributed by atoms with van der Waals surface area (Å²) in [6.07, 6.45) is 0. The first-order valence-corrected chi connectivity index (χ1v) is 7.30. The van der Waals surface area contributed by atoms with Crippen molar-refractivity contribution in [2.24, 2.45) is 5.73 Å². The molecule has 7 heteroatoms. The van der Waals surface area contributed by atoms with Crippen LogP contribution in [0.3, 0.4) is 0 Å². The molecule has 0 fully saturated rings. The van der Waals surface area contributed by atoms with Gasteiger partial charge < -0.3 is 11.1 Å². The summed E-state index contributed by atoms with van der Waals surface area (Å²) in [7, 11) is 0. The molecule has 2 nitrogen and oxygen atoms in total. The molecule has 1 aromatic heterocycles. The van der Waals surface area contributed by atoms with Crippen molar-refractivity contribution in [1.82, 2.24) is 0 Å². The molecule has 0 amide bonds. The van der Waals surface area contributed by atoms with Gasteiger partial charge in [-0.2, -0.15) is 0 Å². The molecule has 3 N–H and O–H groups in total. The Morgan fingerprint density at radius 2 is 2.00 bits per heavy atom. The molecule has 106 valence electrons. The summed E-state index contributed by atoms with van der Waals surface area (Å²) < 4.78 is 28.3. The average Bonchev–Trinajstić information content (AvgIpc) is 2.81. The van der Waals surface area contributed by atoms with Crippen LogP contribution in [-0.4, -0.2) is 4.99 Å². The molecule has 1 aromatic carbocycles. The first-order valence-electron chi connectivity index (χ1n) is 5.69. The van der Waals surface area contributed by atoms with Crippen LogP contribution in [0.5, 0.6) is 0 Å². The topological polar surface area (TPSA) is 38.0 Å². The van der Waals surface area contributed by atoms with E-state index in [9.17, 15) is 8.78 Å². The van der Waals surface area contributed by atoms with Crippen LogP contribution in [0.1, 0.15) is 23.4 Å². The van der Waals surface area contributed by atoms with E-state index in [1.54, 1.807) is 6.07 Å². The van der Waals surface area contributed by atoms with E-state index >= 15 is 0 Å². The van der Waals surface area contributed by atoms with Gasteiger partial charge in [0.25, 0.3) is 0 Å². The second kappa shape index (κ2) is 6.03. The monoisotopic (exact) mass is 332 g/mol. The first kappa shape index (κ1) is 15.2. The van der Waals surface area contributed by atoms with Gasteiger partial charge in [0.05, 0.1) is 16.1 Å². The number of nitrogens with two attached hydrogens (primary N) is 1. The van der Waals surface area contributed by atoms with Crippen LogP contribution in [0.2, 0.25) is 4.34 Å². The van der Waals surface area contributed by atoms with Crippen molar-refractivity contribution in [2.45, 2.75) is 13.0 Å². The predicted octanol–water partition coefficient (Wildman–Crippen LogP) is 4.49. The van der Waals surface area contributed by atoms with Gasteiger partial charge in [-0.15, -0.1) is 11.3 Å². The smallest absolute Gasteiger partial charge is 0.182 e. The number of hydrogen-bond donors (Lipinski definition) is 2. The van der Waals surface area contributed by atoms with E-state index in [4.69, 9.17) is 17.3 Å². The molecule has 2 rings (SSSR count). The number of hydrogen-bond acceptors (Lipinski definition) is 3. The summed E-state index contributed by atoms with van der Waals surface area (Å²) in [5.74, 6) is -2.04. The SMILES string of the molecule is CC(Nc1ccc(C(N)=S)c(F)c1F)c1ccc(Cl)s1. The Hall–Kier alpha value is -1.24. The molecule has 2 aromatic rings. The predicted molar refractivity (Wildman–Crippen MR) is 83.6 cm³/mol. The second-order valence-electron chi connectivity index (χ2n) is 4.16. The molecular weight excluding hydrogens is 322 g/mol. The number of halogens is 3. The average molecular weight is 333 g/mol. The summed E-state index contributed by atoms with van der Waals surface area (Å²) in [6, 6.07) is 6.17. The number of benzene rings is 1. The molecule has 0 saturated heterocycles. The standard InChI is InChI=1S/C13H11ClF2N2S2/c1-6(9-4-5-10(14)20-9)18-8-3-2-7(13(17)19)11(15)12(8)16/h2-6,18H,1H3,(H2,17,19). The van der Waals surface area contributed by atoms with Crippen LogP contribution in [0, 0.1) is 11.6 Å². The minimum atomic E-state index is -1.04. The van der Waals surface area contributed by atoms with Crippen LogP contribution in [-0.2, 0) is 0 Å². The zero-order valence-corrected chi connectivity index (χ0v) is 12.8. The lowest BCUT2D eigenvalue weighted by Crippen LogP contribution is -2.14. The quantitative estimate of drug-likeness (QED) is 0.810. The lowest BCUT2D eigenvalue weighted by molar-refractivity contribution is 0.508. The molecule has 0 aliphatic carbocycles. The minimum Gasteiger partial charge on any atom is -0.389 e. The number of anilines is 1. The molecule has 0 spiro atoms. The van der Waals surface area contributed by atoms with Gasteiger partial charge in [0.1, 0.15) is 4.99 Å². The molecule has 0 saturated carbocycles. The normalized spacial score (nSPS) is 12.2. The molecule has 0 aliphatic rings. The summed E-state index contributed by atoms with van der Waals surface area (Å²) in [4.78, 5) is 0.749. The van der Waals surface area contributed by atoms with Crippen molar-refractivity contribution in [2.75, 3.05) is 5.32 Å². The van der Waals surface area contributed by atoms with Gasteiger partial charge in [0.2, 0.25) is 0 Å². The van der Waals surface area contributed by atoms with Gasteiger partial charge >= 0.3 is 0 Å². The van der Waals surface area contributed by atoms with Crippen LogP contribution >= 0.6 is 35.2 Å². The Morgan fingerprint density at radius 1 is 1.30 bits per heavy atom. The van der Waals surface area contributed by atoms with Crippen molar-refractivity contribution in [3.8, 4) is 0 Å². The van der Waals surface area contributed by atoms with E-state index in [0.29, 0.717) is 4.34 Å². The molecule has 20 heavy (non-hydrogen) atoms. The minimum absolute atomic E-state index is 0.0551. The maximum atomic E-state index is 13.9. The first-order chi connectivity index (χ1) is 9.40. The zero-order valence-electron chi connectivity index (χ0n) is 10.4. The van der Waals surface area contributed by atoms with Crippen molar-refractivity contribution in [3.63, 3.8) is 0 Å². The lowest BCUT2D eigenvalue weighted by atomic mass is 10.1. The fraction of sp³-hybridized carbons (Fsp3) is 0.154. The maximum absolute atomic E-state index is 13.9. The van der Waals surface area contributed by atoms with E-state index < -0.39 is 11.6 Å². The van der Waals surface area contributed by atoms with Gasteiger partial charge in [-0.3, -0.25) is 0 Å². The molecule has 1 unspecified atom stereocenters. The third-order valence-corrected chi connectivity index (χ3v) is 4.37. The van der Waals surface area contributed by atoms with Crippen LogP contribution < -0.4 is 11.1 Å². The van der Waals surface area contributed by atoms with Crippen LogP contribution in [0.15, 0.2) is 24.3 Å². The number of thiocarbonyl (C=S) groups is 1. The highest BCUT2D eigenvalue weighted by Crippen LogP contribution is 2.30. The number of thiophene rings is 1. The van der Waals surface area contributed by atoms with Crippen LogP contribution in [0.25, 0.3) is 0 Å². The highest BCUT2D eigenvalue weighted by Gasteiger charge is 2.17. The van der Waals surface area contributed by atoms with Gasteiger partial charge in [-0.05, 0) is 31.2 Å². The lowest BCUT2D eigenvalue weighted by Gasteiger charge is -2.15. The third kappa shape index (κ3) is 3.08. The molecule has 1 heterocycles. The highest BCUT2D eigenvalue weighted by molar-refractivity contribution is 7.80. The van der Waals surface area contributed by atoms with Crippen molar-refractivity contribution in [1.29, 1.82) is 0 Å². The molecule has 0 radical (unpaired) electrons. The fourth-order valence-electron chi connectivity index (χ4n) is 1.72. The maximum Gasteiger partial charge on any atom is 0.182 e. The van der Waals surface area contributed by atoms with Crippen molar-refractivity contribution >= 4 is 45.8 Å². The Kier molecular flexibility index (Phi) is 4.57. The van der Waals surface area contributed by atoms with E-state index in [-0.39, 0.29) is 22.3 Å². The Balaban J connectivity index is 2.26. The number of nitrogens with one attached hydrogen (secondary N) is 1. The van der Waals surface area contributed by atoms with Gasteiger partial charge in [0, 0.05) is 10.4 Å². The Morgan fingerprint density at radius 3 is 2.55 bits per heavy atom. The number of rotatable bonds is 4. The summed E-state index contributed by atoms with van der Waals surface area (Å²) >= 11 is 11.9. The van der Waals surface area contributed by atoms with Gasteiger partial charge in [-0.1, -0.05) is 23.8 Å². The molecular formula is C13H11ClF2N2S2. The summed E-state index contributed by atoms with van der Waals surface area (Å²) in [6.45, 7) is 1.83. The van der Waals surface area contributed by atoms with E-state index in [1.165, 1.54) is 23.5 Å². The van der Waals surface area contributed by atoms with Gasteiger partial charge in [0.15, 0.2) is 11.6 Å². The van der Waals surface area contributed by atoms with Crippen molar-refractivity contribution < 1.29 is 8.78 Å². The zero-order chi connectivity index (χ0) is 14.9.